The number of hydrogen-bond donors (Lipinski definition) is 0. The molecule has 0 aliphatic rings. The zero-order valence-corrected chi connectivity index (χ0v) is 12.0. The fraction of sp³-hybridized carbons (Fsp3) is 0.176. The van der Waals surface area contributed by atoms with Crippen LogP contribution in [-0.2, 0) is 20.9 Å². The van der Waals surface area contributed by atoms with E-state index in [0.29, 0.717) is 11.1 Å². The molecule has 0 unspecified atom stereocenters. The lowest BCUT2D eigenvalue weighted by molar-refractivity contribution is -0.149. The van der Waals surface area contributed by atoms with Gasteiger partial charge in [-0.3, -0.25) is 0 Å². The first-order valence-electron chi connectivity index (χ1n) is 6.78. The molecule has 3 rings (SSSR count). The van der Waals surface area contributed by atoms with E-state index < -0.39 is 11.6 Å². The highest BCUT2D eigenvalue weighted by molar-refractivity contribution is 6.07. The minimum absolute atomic E-state index is 0.00169. The predicted molar refractivity (Wildman–Crippen MR) is 81.7 cm³/mol. The van der Waals surface area contributed by atoms with E-state index in [9.17, 15) is 9.59 Å². The normalized spacial score (nSPS) is 11.0. The van der Waals surface area contributed by atoms with Gasteiger partial charge in [-0.05, 0) is 16.8 Å². The predicted octanol–water partition coefficient (Wildman–Crippen LogP) is 2.64. The van der Waals surface area contributed by atoms with Crippen molar-refractivity contribution in [1.29, 1.82) is 0 Å². The molecule has 0 fully saturated rings. The Morgan fingerprint density at radius 3 is 2.82 bits per heavy atom. The summed E-state index contributed by atoms with van der Waals surface area (Å²) in [7, 11) is 1.42. The van der Waals surface area contributed by atoms with E-state index in [1.165, 1.54) is 13.2 Å². The summed E-state index contributed by atoms with van der Waals surface area (Å²) in [6.45, 7) is -0.127. The highest BCUT2D eigenvalue weighted by Crippen LogP contribution is 2.27. The lowest BCUT2D eigenvalue weighted by Crippen LogP contribution is -2.12. The van der Waals surface area contributed by atoms with Crippen molar-refractivity contribution in [1.82, 2.24) is 0 Å². The van der Waals surface area contributed by atoms with Crippen molar-refractivity contribution >= 4 is 27.7 Å². The third kappa shape index (κ3) is 2.71. The first-order valence-corrected chi connectivity index (χ1v) is 6.78. The molecule has 0 saturated heterocycles. The van der Waals surface area contributed by atoms with Gasteiger partial charge in [-0.2, -0.15) is 0 Å². The molecule has 0 aliphatic carbocycles. The van der Waals surface area contributed by atoms with E-state index in [0.717, 1.165) is 16.2 Å². The van der Waals surface area contributed by atoms with Crippen LogP contribution in [-0.4, -0.2) is 19.7 Å². The maximum atomic E-state index is 11.7. The molecule has 22 heavy (non-hydrogen) atoms. The Kier molecular flexibility index (Phi) is 3.89. The Morgan fingerprint density at radius 2 is 2.00 bits per heavy atom. The molecule has 0 spiro atoms. The SMILES string of the molecule is COCC(=O)OCc1cc(=O)oc2ccc3ccccc3c12. The molecular formula is C17H14O5. The summed E-state index contributed by atoms with van der Waals surface area (Å²) in [5.74, 6) is -0.482. The monoisotopic (exact) mass is 298 g/mol. The Hall–Kier alpha value is -2.66. The quantitative estimate of drug-likeness (QED) is 0.421. The molecule has 5 nitrogen and oxygen atoms in total. The summed E-state index contributed by atoms with van der Waals surface area (Å²) >= 11 is 0. The zero-order valence-electron chi connectivity index (χ0n) is 12.0. The summed E-state index contributed by atoms with van der Waals surface area (Å²) in [6, 6.07) is 12.8. The van der Waals surface area contributed by atoms with Gasteiger partial charge in [-0.15, -0.1) is 0 Å². The standard InChI is InChI=1S/C17H14O5/c1-20-10-16(19)21-9-12-8-15(18)22-14-7-6-11-4-2-3-5-13(11)17(12)14/h2-8H,9-10H2,1H3. The molecule has 2 aromatic carbocycles. The second-order valence-corrected chi connectivity index (χ2v) is 4.84. The van der Waals surface area contributed by atoms with Crippen molar-refractivity contribution in [3.05, 3.63) is 58.4 Å². The van der Waals surface area contributed by atoms with Crippen molar-refractivity contribution in [3.8, 4) is 0 Å². The minimum Gasteiger partial charge on any atom is -0.459 e. The summed E-state index contributed by atoms with van der Waals surface area (Å²) in [4.78, 5) is 23.1. The lowest BCUT2D eigenvalue weighted by Gasteiger charge is -2.09. The number of carbonyl (C=O) groups excluding carboxylic acids is 1. The van der Waals surface area contributed by atoms with Crippen LogP contribution < -0.4 is 5.63 Å². The van der Waals surface area contributed by atoms with Crippen LogP contribution in [0.4, 0.5) is 0 Å². The molecule has 1 aromatic heterocycles. The van der Waals surface area contributed by atoms with E-state index in [1.807, 2.05) is 30.3 Å². The number of esters is 1. The molecule has 0 N–H and O–H groups in total. The van der Waals surface area contributed by atoms with Crippen molar-refractivity contribution in [2.75, 3.05) is 13.7 Å². The zero-order chi connectivity index (χ0) is 15.5. The maximum absolute atomic E-state index is 11.7. The van der Waals surface area contributed by atoms with Crippen LogP contribution in [0.3, 0.4) is 0 Å². The van der Waals surface area contributed by atoms with Crippen LogP contribution in [0.2, 0.25) is 0 Å². The van der Waals surface area contributed by atoms with Gasteiger partial charge in [-0.1, -0.05) is 30.3 Å². The van der Waals surface area contributed by atoms with Crippen molar-refractivity contribution in [3.63, 3.8) is 0 Å². The van der Waals surface area contributed by atoms with Crippen molar-refractivity contribution in [2.24, 2.45) is 0 Å². The first-order chi connectivity index (χ1) is 10.7. The van der Waals surface area contributed by atoms with Gasteiger partial charge >= 0.3 is 11.6 Å². The summed E-state index contributed by atoms with van der Waals surface area (Å²) < 4.78 is 15.1. The second-order valence-electron chi connectivity index (χ2n) is 4.84. The van der Waals surface area contributed by atoms with E-state index in [4.69, 9.17) is 13.9 Å². The fourth-order valence-corrected chi connectivity index (χ4v) is 2.45. The number of carbonyl (C=O) groups is 1. The third-order valence-electron chi connectivity index (χ3n) is 3.37. The smallest absolute Gasteiger partial charge is 0.336 e. The maximum Gasteiger partial charge on any atom is 0.336 e. The molecule has 5 heteroatoms. The number of fused-ring (bicyclic) bond motifs is 3. The van der Waals surface area contributed by atoms with Gasteiger partial charge in [0, 0.05) is 24.1 Å². The summed E-state index contributed by atoms with van der Waals surface area (Å²) in [5, 5.41) is 2.75. The minimum atomic E-state index is -0.482. The van der Waals surface area contributed by atoms with E-state index in [-0.39, 0.29) is 13.2 Å². The Balaban J connectivity index is 2.13. The average Bonchev–Trinajstić information content (AvgIpc) is 2.52. The van der Waals surface area contributed by atoms with Gasteiger partial charge in [0.1, 0.15) is 18.8 Å². The Morgan fingerprint density at radius 1 is 1.18 bits per heavy atom. The number of methoxy groups -OCH3 is 1. The topological polar surface area (TPSA) is 65.7 Å². The van der Waals surface area contributed by atoms with E-state index >= 15 is 0 Å². The molecule has 1 heterocycles. The Bertz CT molecular complexity index is 894. The molecule has 0 atom stereocenters. The van der Waals surface area contributed by atoms with Gasteiger partial charge in [0.25, 0.3) is 0 Å². The van der Waals surface area contributed by atoms with Crippen LogP contribution in [0.5, 0.6) is 0 Å². The van der Waals surface area contributed by atoms with Gasteiger partial charge in [-0.25, -0.2) is 9.59 Å². The molecule has 3 aromatic rings. The van der Waals surface area contributed by atoms with Crippen LogP contribution >= 0.6 is 0 Å². The summed E-state index contributed by atoms with van der Waals surface area (Å²) in [5.41, 5.74) is 0.622. The number of ether oxygens (including phenoxy) is 2. The first kappa shape index (κ1) is 14.3. The van der Waals surface area contributed by atoms with Crippen LogP contribution in [0.1, 0.15) is 5.56 Å². The molecule has 0 bridgehead atoms. The molecule has 0 saturated carbocycles. The van der Waals surface area contributed by atoms with Crippen LogP contribution in [0.25, 0.3) is 21.7 Å². The average molecular weight is 298 g/mol. The summed E-state index contributed by atoms with van der Waals surface area (Å²) in [6.07, 6.45) is 0. The van der Waals surface area contributed by atoms with Gasteiger partial charge < -0.3 is 13.9 Å². The molecule has 0 amide bonds. The number of rotatable bonds is 4. The third-order valence-corrected chi connectivity index (χ3v) is 3.37. The van der Waals surface area contributed by atoms with Crippen molar-refractivity contribution in [2.45, 2.75) is 6.61 Å². The molecule has 112 valence electrons. The fourth-order valence-electron chi connectivity index (χ4n) is 2.45. The van der Waals surface area contributed by atoms with Gasteiger partial charge in [0.2, 0.25) is 0 Å². The van der Waals surface area contributed by atoms with E-state index in [1.54, 1.807) is 6.07 Å². The number of benzene rings is 2. The Labute approximate surface area is 126 Å². The highest BCUT2D eigenvalue weighted by atomic mass is 16.6. The van der Waals surface area contributed by atoms with Crippen molar-refractivity contribution < 1.29 is 18.7 Å². The molecule has 0 radical (unpaired) electrons. The lowest BCUT2D eigenvalue weighted by atomic mass is 10.0. The van der Waals surface area contributed by atoms with E-state index in [2.05, 4.69) is 0 Å². The highest BCUT2D eigenvalue weighted by Gasteiger charge is 2.11. The van der Waals surface area contributed by atoms with Crippen LogP contribution in [0, 0.1) is 0 Å². The van der Waals surface area contributed by atoms with Crippen LogP contribution in [0.15, 0.2) is 51.7 Å². The largest absolute Gasteiger partial charge is 0.459 e. The second kappa shape index (κ2) is 5.99. The molecule has 0 aliphatic heterocycles. The van der Waals surface area contributed by atoms with Gasteiger partial charge in [0.15, 0.2) is 0 Å². The molecular weight excluding hydrogens is 284 g/mol. The van der Waals surface area contributed by atoms with Gasteiger partial charge in [0.05, 0.1) is 0 Å². The number of hydrogen-bond acceptors (Lipinski definition) is 5.